The molecule has 140 valence electrons. The molecular weight excluding hydrogens is 346 g/mol. The van der Waals surface area contributed by atoms with Crippen LogP contribution in [0, 0.1) is 0 Å². The van der Waals surface area contributed by atoms with Gasteiger partial charge in [0, 0.05) is 24.7 Å². The second-order valence-corrected chi connectivity index (χ2v) is 9.16. The first-order chi connectivity index (χ1) is 12.2. The minimum Gasteiger partial charge on any atom is -0.507 e. The van der Waals surface area contributed by atoms with Crippen LogP contribution < -0.4 is 0 Å². The number of phenolic OH excluding ortho intramolecular Hbond substituents is 1. The van der Waals surface area contributed by atoms with Crippen molar-refractivity contribution in [3.8, 4) is 5.75 Å². The summed E-state index contributed by atoms with van der Waals surface area (Å²) in [6.45, 7) is 7.99. The lowest BCUT2D eigenvalue weighted by molar-refractivity contribution is -0.113. The second-order valence-electron chi connectivity index (χ2n) is 8.16. The molecule has 0 radical (unpaired) electrons. The summed E-state index contributed by atoms with van der Waals surface area (Å²) in [5.74, 6) is 0.0158. The van der Waals surface area contributed by atoms with E-state index in [2.05, 4.69) is 49.7 Å². The molecule has 6 heteroatoms. The number of amides is 1. The van der Waals surface area contributed by atoms with Crippen LogP contribution in [0.25, 0.3) is 6.08 Å². The van der Waals surface area contributed by atoms with E-state index < -0.39 is 0 Å². The van der Waals surface area contributed by atoms with Crippen LogP contribution in [0.5, 0.6) is 5.75 Å². The number of nitrogens with zero attached hydrogens (tertiary/aromatic N) is 3. The number of aliphatic imine (C=N–C) groups is 1. The Hall–Kier alpha value is -1.79. The summed E-state index contributed by atoms with van der Waals surface area (Å²) < 4.78 is 0. The first-order valence-corrected chi connectivity index (χ1v) is 9.75. The van der Waals surface area contributed by atoms with E-state index in [0.29, 0.717) is 16.5 Å². The zero-order chi connectivity index (χ0) is 19.1. The fraction of sp³-hybridized carbons (Fsp3) is 0.500. The second kappa shape index (κ2) is 7.08. The number of hydrogen-bond donors (Lipinski definition) is 1. The molecule has 1 aromatic carbocycles. The van der Waals surface area contributed by atoms with E-state index in [1.807, 2.05) is 18.2 Å². The Morgan fingerprint density at radius 3 is 2.69 bits per heavy atom. The zero-order valence-electron chi connectivity index (χ0n) is 16.1. The average molecular weight is 374 g/mol. The van der Waals surface area contributed by atoms with Crippen molar-refractivity contribution < 1.29 is 9.90 Å². The van der Waals surface area contributed by atoms with Gasteiger partial charge in [0.25, 0.3) is 5.91 Å². The molecule has 1 N–H and O–H groups in total. The summed E-state index contributed by atoms with van der Waals surface area (Å²) >= 11 is 1.40. The van der Waals surface area contributed by atoms with Crippen molar-refractivity contribution in [1.29, 1.82) is 0 Å². The molecule has 0 aromatic heterocycles. The highest BCUT2D eigenvalue weighted by atomic mass is 32.2. The third-order valence-corrected chi connectivity index (χ3v) is 5.98. The molecule has 3 rings (SSSR count). The largest absolute Gasteiger partial charge is 0.507 e. The summed E-state index contributed by atoms with van der Waals surface area (Å²) in [7, 11) is 4.17. The standard InChI is InChI=1S/C20H27N3O2S/c1-20(2,3)15-8-6-7-13(17(15)24)11-16-18(25)21-19(26-16)23-10-9-14(12-23)22(4)5/h6-8,11,14,24H,9-10,12H2,1-5H3/b16-11-/t14-/m0/s1. The van der Waals surface area contributed by atoms with E-state index in [-0.39, 0.29) is 17.1 Å². The molecule has 2 aliphatic heterocycles. The van der Waals surface area contributed by atoms with E-state index in [1.54, 1.807) is 6.08 Å². The van der Waals surface area contributed by atoms with Crippen molar-refractivity contribution in [3.05, 3.63) is 34.2 Å². The lowest BCUT2D eigenvalue weighted by Gasteiger charge is -2.21. The van der Waals surface area contributed by atoms with Gasteiger partial charge < -0.3 is 14.9 Å². The maximum atomic E-state index is 12.4. The topological polar surface area (TPSA) is 56.1 Å². The number of aromatic hydroxyl groups is 1. The smallest absolute Gasteiger partial charge is 0.286 e. The number of para-hydroxylation sites is 1. The van der Waals surface area contributed by atoms with Crippen LogP contribution in [0.3, 0.4) is 0 Å². The number of likely N-dealkylation sites (N-methyl/N-ethyl adjacent to an activating group) is 1. The quantitative estimate of drug-likeness (QED) is 0.806. The molecule has 0 unspecified atom stereocenters. The summed E-state index contributed by atoms with van der Waals surface area (Å²) in [5.41, 5.74) is 1.37. The number of amidine groups is 1. The van der Waals surface area contributed by atoms with Gasteiger partial charge in [-0.15, -0.1) is 0 Å². The number of rotatable bonds is 2. The minimum absolute atomic E-state index is 0.163. The fourth-order valence-corrected chi connectivity index (χ4v) is 4.23. The number of hydrogen-bond acceptors (Lipinski definition) is 5. The Balaban J connectivity index is 1.80. The van der Waals surface area contributed by atoms with Crippen LogP contribution >= 0.6 is 11.8 Å². The van der Waals surface area contributed by atoms with Crippen molar-refractivity contribution in [1.82, 2.24) is 9.80 Å². The monoisotopic (exact) mass is 373 g/mol. The van der Waals surface area contributed by atoms with E-state index in [0.717, 1.165) is 30.2 Å². The number of carbonyl (C=O) groups is 1. The predicted octanol–water partition coefficient (Wildman–Crippen LogP) is 3.30. The lowest BCUT2D eigenvalue weighted by atomic mass is 9.85. The highest BCUT2D eigenvalue weighted by molar-refractivity contribution is 8.18. The van der Waals surface area contributed by atoms with Crippen molar-refractivity contribution >= 4 is 28.9 Å². The molecule has 0 bridgehead atoms. The number of phenols is 1. The van der Waals surface area contributed by atoms with Gasteiger partial charge in [0.2, 0.25) is 0 Å². The van der Waals surface area contributed by atoms with Crippen LogP contribution in [0.2, 0.25) is 0 Å². The molecule has 2 aliphatic rings. The molecule has 1 atom stereocenters. The van der Waals surface area contributed by atoms with Gasteiger partial charge >= 0.3 is 0 Å². The van der Waals surface area contributed by atoms with Gasteiger partial charge in [0.15, 0.2) is 5.17 Å². The summed E-state index contributed by atoms with van der Waals surface area (Å²) in [4.78, 5) is 21.6. The fourth-order valence-electron chi connectivity index (χ4n) is 3.29. The molecule has 0 aliphatic carbocycles. The van der Waals surface area contributed by atoms with E-state index in [1.165, 1.54) is 11.8 Å². The molecule has 0 spiro atoms. The van der Waals surface area contributed by atoms with E-state index in [4.69, 9.17) is 0 Å². The van der Waals surface area contributed by atoms with Gasteiger partial charge in [-0.25, -0.2) is 0 Å². The minimum atomic E-state index is -0.223. The highest BCUT2D eigenvalue weighted by Gasteiger charge is 2.32. The van der Waals surface area contributed by atoms with Crippen LogP contribution in [0.1, 0.15) is 38.3 Å². The highest BCUT2D eigenvalue weighted by Crippen LogP contribution is 2.37. The van der Waals surface area contributed by atoms with Crippen molar-refractivity contribution in [2.24, 2.45) is 4.99 Å². The predicted molar refractivity (Wildman–Crippen MR) is 108 cm³/mol. The third kappa shape index (κ3) is 3.81. The summed E-state index contributed by atoms with van der Waals surface area (Å²) in [6, 6.07) is 6.17. The van der Waals surface area contributed by atoms with Crippen molar-refractivity contribution in [2.45, 2.75) is 38.6 Å². The van der Waals surface area contributed by atoms with Gasteiger partial charge in [-0.2, -0.15) is 4.99 Å². The SMILES string of the molecule is CN(C)[C@H]1CCN(C2=NC(=O)/C(=C/c3cccc(C(C)(C)C)c3O)S2)C1. The van der Waals surface area contributed by atoms with E-state index in [9.17, 15) is 9.90 Å². The van der Waals surface area contributed by atoms with Gasteiger partial charge in [-0.1, -0.05) is 39.0 Å². The van der Waals surface area contributed by atoms with Crippen LogP contribution in [0.15, 0.2) is 28.1 Å². The Morgan fingerprint density at radius 2 is 2.08 bits per heavy atom. The molecule has 1 amide bonds. The van der Waals surface area contributed by atoms with Crippen LogP contribution in [-0.4, -0.2) is 59.2 Å². The molecular formula is C20H27N3O2S. The number of benzene rings is 1. The third-order valence-electron chi connectivity index (χ3n) is 4.94. The number of carbonyl (C=O) groups excluding carboxylic acids is 1. The van der Waals surface area contributed by atoms with Gasteiger partial charge in [-0.05, 0) is 49.3 Å². The normalized spacial score (nSPS) is 22.6. The van der Waals surface area contributed by atoms with Crippen molar-refractivity contribution in [2.75, 3.05) is 27.2 Å². The van der Waals surface area contributed by atoms with Gasteiger partial charge in [0.1, 0.15) is 5.75 Å². The Kier molecular flexibility index (Phi) is 5.17. The Bertz CT molecular complexity index is 778. The molecule has 26 heavy (non-hydrogen) atoms. The van der Waals surface area contributed by atoms with Gasteiger partial charge in [-0.3, -0.25) is 4.79 Å². The van der Waals surface area contributed by atoms with Crippen molar-refractivity contribution in [3.63, 3.8) is 0 Å². The maximum absolute atomic E-state index is 12.4. The van der Waals surface area contributed by atoms with Crippen LogP contribution in [-0.2, 0) is 10.2 Å². The first-order valence-electron chi connectivity index (χ1n) is 8.93. The Labute approximate surface area is 159 Å². The van der Waals surface area contributed by atoms with Crippen LogP contribution in [0.4, 0.5) is 0 Å². The molecule has 2 heterocycles. The Morgan fingerprint density at radius 1 is 1.35 bits per heavy atom. The van der Waals surface area contributed by atoms with E-state index >= 15 is 0 Å². The lowest BCUT2D eigenvalue weighted by Crippen LogP contribution is -2.33. The maximum Gasteiger partial charge on any atom is 0.286 e. The molecule has 1 aromatic rings. The summed E-state index contributed by atoms with van der Waals surface area (Å²) in [6.07, 6.45) is 2.84. The molecule has 1 saturated heterocycles. The molecule has 0 saturated carbocycles. The number of likely N-dealkylation sites (tertiary alicyclic amines) is 1. The molecule has 5 nitrogen and oxygen atoms in total. The summed E-state index contributed by atoms with van der Waals surface area (Å²) in [5, 5.41) is 11.4. The van der Waals surface area contributed by atoms with Gasteiger partial charge in [0.05, 0.1) is 4.91 Å². The number of thioether (sulfide) groups is 1. The molecule has 1 fully saturated rings. The average Bonchev–Trinajstić information content (AvgIpc) is 3.16. The first kappa shape index (κ1) is 19.0. The zero-order valence-corrected chi connectivity index (χ0v) is 16.9.